The molecule has 0 radical (unpaired) electrons. The fourth-order valence-corrected chi connectivity index (χ4v) is 2.63. The highest BCUT2D eigenvalue weighted by molar-refractivity contribution is 7.89. The molecule has 0 saturated heterocycles. The van der Waals surface area contributed by atoms with E-state index in [4.69, 9.17) is 33.1 Å². The first-order valence-corrected chi connectivity index (χ1v) is 7.47. The largest absolute Gasteiger partial charge is 0.456 e. The van der Waals surface area contributed by atoms with Crippen LogP contribution in [0.5, 0.6) is 0 Å². The maximum absolute atomic E-state index is 11.9. The van der Waals surface area contributed by atoms with Crippen molar-refractivity contribution in [2.24, 2.45) is 5.14 Å². The van der Waals surface area contributed by atoms with Gasteiger partial charge in [-0.3, -0.25) is 0 Å². The van der Waals surface area contributed by atoms with Gasteiger partial charge in [0.2, 0.25) is 10.0 Å². The third-order valence-electron chi connectivity index (χ3n) is 1.95. The first-order valence-electron chi connectivity index (χ1n) is 5.17. The molecule has 1 rings (SSSR count). The van der Waals surface area contributed by atoms with Crippen molar-refractivity contribution in [1.29, 1.82) is 0 Å². The van der Waals surface area contributed by atoms with Crippen molar-refractivity contribution in [3.63, 3.8) is 0 Å². The Labute approximate surface area is 121 Å². The first-order chi connectivity index (χ1) is 8.42. The number of esters is 1. The van der Waals surface area contributed by atoms with E-state index >= 15 is 0 Å². The van der Waals surface area contributed by atoms with Gasteiger partial charge in [0.05, 0.1) is 15.6 Å². The monoisotopic (exact) mass is 325 g/mol. The average molecular weight is 326 g/mol. The first kappa shape index (κ1) is 16.2. The third kappa shape index (κ3) is 4.35. The number of hydrogen-bond donors (Lipinski definition) is 1. The lowest BCUT2D eigenvalue weighted by molar-refractivity contribution is 0.00695. The van der Waals surface area contributed by atoms with Gasteiger partial charge in [0.1, 0.15) is 10.5 Å². The summed E-state index contributed by atoms with van der Waals surface area (Å²) in [6, 6.07) is 2.15. The Morgan fingerprint density at radius 3 is 2.16 bits per heavy atom. The molecule has 0 amide bonds. The van der Waals surface area contributed by atoms with Crippen molar-refractivity contribution in [3.05, 3.63) is 27.7 Å². The van der Waals surface area contributed by atoms with Crippen molar-refractivity contribution in [3.8, 4) is 0 Å². The molecule has 0 atom stereocenters. The highest BCUT2D eigenvalue weighted by atomic mass is 35.5. The fraction of sp³-hybridized carbons (Fsp3) is 0.364. The van der Waals surface area contributed by atoms with Gasteiger partial charge in [-0.2, -0.15) is 0 Å². The minimum atomic E-state index is -4.05. The van der Waals surface area contributed by atoms with Gasteiger partial charge in [0, 0.05) is 0 Å². The zero-order valence-electron chi connectivity index (χ0n) is 10.5. The van der Waals surface area contributed by atoms with Gasteiger partial charge >= 0.3 is 5.97 Å². The van der Waals surface area contributed by atoms with Crippen LogP contribution in [0.1, 0.15) is 31.1 Å². The smallest absolute Gasteiger partial charge is 0.340 e. The van der Waals surface area contributed by atoms with Crippen LogP contribution in [0, 0.1) is 0 Å². The second-order valence-electron chi connectivity index (χ2n) is 4.81. The maximum Gasteiger partial charge on any atom is 0.340 e. The topological polar surface area (TPSA) is 86.5 Å². The Morgan fingerprint density at radius 2 is 1.74 bits per heavy atom. The molecule has 5 nitrogen and oxygen atoms in total. The fourth-order valence-electron chi connectivity index (χ4n) is 1.24. The molecule has 0 unspecified atom stereocenters. The molecule has 1 aromatic carbocycles. The molecule has 0 bridgehead atoms. The summed E-state index contributed by atoms with van der Waals surface area (Å²) in [5, 5.41) is 4.84. The molecule has 2 N–H and O–H groups in total. The Kier molecular flexibility index (Phi) is 4.51. The van der Waals surface area contributed by atoms with Crippen LogP contribution in [-0.4, -0.2) is 20.0 Å². The third-order valence-corrected chi connectivity index (χ3v) is 3.64. The second-order valence-corrected chi connectivity index (χ2v) is 7.15. The number of sulfonamides is 1. The summed E-state index contributed by atoms with van der Waals surface area (Å²) in [6.45, 7) is 5.03. The van der Waals surface area contributed by atoms with Crippen molar-refractivity contribution in [2.45, 2.75) is 31.3 Å². The van der Waals surface area contributed by atoms with E-state index in [1.54, 1.807) is 20.8 Å². The van der Waals surface area contributed by atoms with Gasteiger partial charge in [0.15, 0.2) is 0 Å². The van der Waals surface area contributed by atoms with Crippen LogP contribution in [0.4, 0.5) is 0 Å². The Bertz CT molecular complexity index is 620. The number of ether oxygens (including phenoxy) is 1. The van der Waals surface area contributed by atoms with E-state index in [9.17, 15) is 13.2 Å². The van der Waals surface area contributed by atoms with Gasteiger partial charge in [-0.25, -0.2) is 18.4 Å². The molecule has 0 aromatic heterocycles. The molecule has 0 saturated carbocycles. The lowest BCUT2D eigenvalue weighted by Gasteiger charge is -2.20. The summed E-state index contributed by atoms with van der Waals surface area (Å²) >= 11 is 11.6. The van der Waals surface area contributed by atoms with E-state index in [1.165, 1.54) is 0 Å². The van der Waals surface area contributed by atoms with Gasteiger partial charge in [-0.05, 0) is 32.9 Å². The van der Waals surface area contributed by atoms with Crippen molar-refractivity contribution in [1.82, 2.24) is 0 Å². The molecule has 0 aliphatic heterocycles. The van der Waals surface area contributed by atoms with Gasteiger partial charge < -0.3 is 4.74 Å². The predicted octanol–water partition coefficient (Wildman–Crippen LogP) is 2.60. The van der Waals surface area contributed by atoms with E-state index in [0.29, 0.717) is 0 Å². The zero-order chi connectivity index (χ0) is 15.0. The normalized spacial score (nSPS) is 12.3. The van der Waals surface area contributed by atoms with Crippen molar-refractivity contribution in [2.75, 3.05) is 0 Å². The zero-order valence-corrected chi connectivity index (χ0v) is 12.9. The number of carbonyl (C=O) groups excluding carboxylic acids is 1. The van der Waals surface area contributed by atoms with E-state index in [0.717, 1.165) is 12.1 Å². The second kappa shape index (κ2) is 5.28. The molecule has 0 fully saturated rings. The lowest BCUT2D eigenvalue weighted by Crippen LogP contribution is -2.24. The molecule has 19 heavy (non-hydrogen) atoms. The molecule has 0 heterocycles. The molecule has 8 heteroatoms. The minimum Gasteiger partial charge on any atom is -0.456 e. The quantitative estimate of drug-likeness (QED) is 0.846. The Morgan fingerprint density at radius 1 is 1.21 bits per heavy atom. The molecule has 0 aliphatic rings. The van der Waals surface area contributed by atoms with Gasteiger partial charge in [-0.1, -0.05) is 23.2 Å². The maximum atomic E-state index is 11.9. The van der Waals surface area contributed by atoms with Crippen LogP contribution in [0.25, 0.3) is 0 Å². The van der Waals surface area contributed by atoms with Crippen LogP contribution >= 0.6 is 23.2 Å². The average Bonchev–Trinajstić information content (AvgIpc) is 2.11. The van der Waals surface area contributed by atoms with Crippen LogP contribution < -0.4 is 5.14 Å². The highest BCUT2D eigenvalue weighted by Gasteiger charge is 2.24. The van der Waals surface area contributed by atoms with Crippen LogP contribution in [0.2, 0.25) is 10.0 Å². The van der Waals surface area contributed by atoms with Gasteiger partial charge in [-0.15, -0.1) is 0 Å². The van der Waals surface area contributed by atoms with E-state index in [1.807, 2.05) is 0 Å². The lowest BCUT2D eigenvalue weighted by atomic mass is 10.1. The molecule has 0 aliphatic carbocycles. The summed E-state index contributed by atoms with van der Waals surface area (Å²) in [5.74, 6) is -0.751. The number of rotatable bonds is 2. The van der Waals surface area contributed by atoms with E-state index in [-0.39, 0.29) is 20.5 Å². The van der Waals surface area contributed by atoms with Crippen LogP contribution in [0.3, 0.4) is 0 Å². The molecule has 0 spiro atoms. The summed E-state index contributed by atoms with van der Waals surface area (Å²) in [4.78, 5) is 11.5. The highest BCUT2D eigenvalue weighted by Crippen LogP contribution is 2.29. The summed E-state index contributed by atoms with van der Waals surface area (Å²) in [7, 11) is -4.05. The number of carbonyl (C=O) groups is 1. The number of benzene rings is 1. The van der Waals surface area contributed by atoms with Crippen molar-refractivity contribution < 1.29 is 17.9 Å². The molecular formula is C11H13Cl2NO4S. The number of halogens is 2. The Hall–Kier alpha value is -0.820. The molecular weight excluding hydrogens is 313 g/mol. The van der Waals surface area contributed by atoms with Crippen LogP contribution in [-0.2, 0) is 14.8 Å². The predicted molar refractivity (Wildman–Crippen MR) is 73.0 cm³/mol. The summed E-state index contributed by atoms with van der Waals surface area (Å²) in [6.07, 6.45) is 0. The van der Waals surface area contributed by atoms with Crippen LogP contribution in [0.15, 0.2) is 17.0 Å². The Balaban J connectivity index is 3.34. The minimum absolute atomic E-state index is 0.00773. The summed E-state index contributed by atoms with van der Waals surface area (Å²) in [5.41, 5.74) is -0.841. The SMILES string of the molecule is CC(C)(C)OC(=O)c1cc(S(N)(=O)=O)c(Cl)cc1Cl. The number of nitrogens with two attached hydrogens (primary N) is 1. The van der Waals surface area contributed by atoms with Crippen molar-refractivity contribution >= 4 is 39.2 Å². The summed E-state index contributed by atoms with van der Waals surface area (Å²) < 4.78 is 27.8. The van der Waals surface area contributed by atoms with E-state index in [2.05, 4.69) is 0 Å². The molecule has 1 aromatic rings. The molecule has 106 valence electrons. The standard InChI is InChI=1S/C11H13Cl2NO4S/c1-11(2,3)18-10(15)6-4-9(19(14,16)17)8(13)5-7(6)12/h4-5H,1-3H3,(H2,14,16,17). The number of primary sulfonamides is 1. The van der Waals surface area contributed by atoms with Gasteiger partial charge in [0.25, 0.3) is 0 Å². The van der Waals surface area contributed by atoms with E-state index < -0.39 is 21.6 Å². The number of hydrogen-bond acceptors (Lipinski definition) is 4.